The molecule has 2 aliphatic heterocycles. The van der Waals surface area contributed by atoms with Crippen molar-refractivity contribution >= 4 is 11.4 Å². The molecule has 2 N–H and O–H groups in total. The second-order valence-electron chi connectivity index (χ2n) is 5.39. The van der Waals surface area contributed by atoms with Crippen molar-refractivity contribution in [2.24, 2.45) is 0 Å². The summed E-state index contributed by atoms with van der Waals surface area (Å²) in [6.07, 6.45) is 3.73. The fraction of sp³-hybridized carbons (Fsp3) is 0.571. The first kappa shape index (κ1) is 10.9. The summed E-state index contributed by atoms with van der Waals surface area (Å²) in [7, 11) is 2.22. The van der Waals surface area contributed by atoms with Crippen LogP contribution in [0, 0.1) is 0 Å². The summed E-state index contributed by atoms with van der Waals surface area (Å²) in [6, 6.07) is 7.10. The summed E-state index contributed by atoms with van der Waals surface area (Å²) < 4.78 is 0. The van der Waals surface area contributed by atoms with E-state index < -0.39 is 0 Å². The molecule has 17 heavy (non-hydrogen) atoms. The maximum atomic E-state index is 5.88. The van der Waals surface area contributed by atoms with E-state index in [-0.39, 0.29) is 0 Å². The van der Waals surface area contributed by atoms with Gasteiger partial charge in [-0.1, -0.05) is 0 Å². The van der Waals surface area contributed by atoms with E-state index in [4.69, 9.17) is 5.73 Å². The van der Waals surface area contributed by atoms with Crippen molar-refractivity contribution in [2.75, 3.05) is 37.3 Å². The van der Waals surface area contributed by atoms with Gasteiger partial charge in [0.2, 0.25) is 0 Å². The van der Waals surface area contributed by atoms with E-state index in [2.05, 4.69) is 29.0 Å². The highest BCUT2D eigenvalue weighted by molar-refractivity contribution is 5.61. The second-order valence-corrected chi connectivity index (χ2v) is 5.39. The van der Waals surface area contributed by atoms with Crippen molar-refractivity contribution in [1.82, 2.24) is 4.90 Å². The predicted molar refractivity (Wildman–Crippen MR) is 72.4 cm³/mol. The highest BCUT2D eigenvalue weighted by Gasteiger charge is 2.28. The van der Waals surface area contributed by atoms with Gasteiger partial charge in [-0.3, -0.25) is 0 Å². The van der Waals surface area contributed by atoms with Gasteiger partial charge in [-0.25, -0.2) is 0 Å². The minimum atomic E-state index is 0.697. The maximum Gasteiger partial charge on any atom is 0.0429 e. The molecule has 3 nitrogen and oxygen atoms in total. The van der Waals surface area contributed by atoms with E-state index in [0.717, 1.165) is 5.69 Å². The predicted octanol–water partition coefficient (Wildman–Crippen LogP) is 1.73. The zero-order valence-electron chi connectivity index (χ0n) is 10.5. The molecule has 3 rings (SSSR count). The molecule has 2 aliphatic rings. The van der Waals surface area contributed by atoms with Crippen LogP contribution in [0.4, 0.5) is 11.4 Å². The number of aryl methyl sites for hydroxylation is 1. The third-order valence-corrected chi connectivity index (χ3v) is 4.07. The molecule has 92 valence electrons. The lowest BCUT2D eigenvalue weighted by Crippen LogP contribution is -2.40. The molecule has 1 aromatic rings. The summed E-state index contributed by atoms with van der Waals surface area (Å²) in [5.74, 6) is 0. The fourth-order valence-electron chi connectivity index (χ4n) is 3.19. The molecule has 3 heteroatoms. The van der Waals surface area contributed by atoms with Crippen LogP contribution < -0.4 is 10.6 Å². The number of nitrogen functional groups attached to an aromatic ring is 1. The zero-order valence-corrected chi connectivity index (χ0v) is 10.5. The van der Waals surface area contributed by atoms with Crippen LogP contribution in [-0.2, 0) is 6.42 Å². The van der Waals surface area contributed by atoms with Crippen molar-refractivity contribution < 1.29 is 0 Å². The molecule has 0 saturated carbocycles. The fourth-order valence-corrected chi connectivity index (χ4v) is 3.19. The second kappa shape index (κ2) is 4.22. The van der Waals surface area contributed by atoms with Crippen LogP contribution in [0.25, 0.3) is 0 Å². The Balaban J connectivity index is 1.89. The zero-order chi connectivity index (χ0) is 11.8. The van der Waals surface area contributed by atoms with Crippen LogP contribution in [0.1, 0.15) is 18.4 Å². The van der Waals surface area contributed by atoms with Gasteiger partial charge in [0.25, 0.3) is 0 Å². The smallest absolute Gasteiger partial charge is 0.0429 e. The number of nitrogens with two attached hydrogens (primary N) is 1. The van der Waals surface area contributed by atoms with Gasteiger partial charge in [0.05, 0.1) is 0 Å². The number of likely N-dealkylation sites (N-methyl/N-ethyl adjacent to an activating group) is 1. The molecular formula is C14H21N3. The Hall–Kier alpha value is -1.22. The Morgan fingerprint density at radius 1 is 1.29 bits per heavy atom. The molecule has 0 spiro atoms. The lowest BCUT2D eigenvalue weighted by Gasteiger charge is -2.36. The summed E-state index contributed by atoms with van der Waals surface area (Å²) in [5, 5.41) is 0. The number of hydrogen-bond acceptors (Lipinski definition) is 3. The number of hydrogen-bond donors (Lipinski definition) is 1. The molecule has 0 bridgehead atoms. The van der Waals surface area contributed by atoms with E-state index in [1.807, 2.05) is 6.07 Å². The van der Waals surface area contributed by atoms with Crippen LogP contribution in [0.15, 0.2) is 18.2 Å². The van der Waals surface area contributed by atoms with Gasteiger partial charge >= 0.3 is 0 Å². The van der Waals surface area contributed by atoms with Gasteiger partial charge in [-0.15, -0.1) is 0 Å². The summed E-state index contributed by atoms with van der Waals surface area (Å²) >= 11 is 0. The number of benzene rings is 1. The van der Waals surface area contributed by atoms with E-state index >= 15 is 0 Å². The van der Waals surface area contributed by atoms with Crippen molar-refractivity contribution in [3.8, 4) is 0 Å². The van der Waals surface area contributed by atoms with Crippen LogP contribution in [-0.4, -0.2) is 37.6 Å². The average Bonchev–Trinajstić information content (AvgIpc) is 2.74. The molecule has 0 unspecified atom stereocenters. The first-order valence-electron chi connectivity index (χ1n) is 6.57. The number of anilines is 2. The molecule has 1 saturated heterocycles. The van der Waals surface area contributed by atoms with Crippen LogP contribution in [0.3, 0.4) is 0 Å². The Morgan fingerprint density at radius 3 is 2.94 bits per heavy atom. The highest BCUT2D eigenvalue weighted by Crippen LogP contribution is 2.32. The van der Waals surface area contributed by atoms with Gasteiger partial charge in [-0.2, -0.15) is 0 Å². The SMILES string of the molecule is CN1CC[C@@H](N2CCCc3cc(N)ccc32)C1. The molecule has 1 aromatic carbocycles. The number of fused-ring (bicyclic) bond motifs is 1. The minimum Gasteiger partial charge on any atom is -0.399 e. The Morgan fingerprint density at radius 2 is 2.18 bits per heavy atom. The molecule has 0 amide bonds. The highest BCUT2D eigenvalue weighted by atomic mass is 15.2. The normalized spacial score (nSPS) is 25.0. The number of nitrogens with zero attached hydrogens (tertiary/aromatic N) is 2. The Bertz CT molecular complexity index is 416. The Labute approximate surface area is 103 Å². The largest absolute Gasteiger partial charge is 0.399 e. The van der Waals surface area contributed by atoms with Crippen molar-refractivity contribution in [3.63, 3.8) is 0 Å². The van der Waals surface area contributed by atoms with Gasteiger partial charge in [0, 0.05) is 30.5 Å². The summed E-state index contributed by atoms with van der Waals surface area (Å²) in [4.78, 5) is 5.03. The van der Waals surface area contributed by atoms with Gasteiger partial charge in [0.1, 0.15) is 0 Å². The van der Waals surface area contributed by atoms with Crippen molar-refractivity contribution in [2.45, 2.75) is 25.3 Å². The van der Waals surface area contributed by atoms with Gasteiger partial charge in [0.15, 0.2) is 0 Å². The van der Waals surface area contributed by atoms with Crippen LogP contribution in [0.5, 0.6) is 0 Å². The van der Waals surface area contributed by atoms with E-state index in [9.17, 15) is 0 Å². The standard InChI is InChI=1S/C14H21N3/c1-16-8-6-13(10-16)17-7-2-3-11-9-12(15)4-5-14(11)17/h4-5,9,13H,2-3,6-8,10,15H2,1H3/t13-/m1/s1. The van der Waals surface area contributed by atoms with E-state index in [1.54, 1.807) is 0 Å². The monoisotopic (exact) mass is 231 g/mol. The lowest BCUT2D eigenvalue weighted by atomic mass is 9.99. The first-order valence-corrected chi connectivity index (χ1v) is 6.57. The van der Waals surface area contributed by atoms with Crippen molar-refractivity contribution in [1.29, 1.82) is 0 Å². The molecule has 1 fully saturated rings. The lowest BCUT2D eigenvalue weighted by molar-refractivity contribution is 0.406. The van der Waals surface area contributed by atoms with Crippen molar-refractivity contribution in [3.05, 3.63) is 23.8 Å². The molecule has 0 radical (unpaired) electrons. The number of rotatable bonds is 1. The quantitative estimate of drug-likeness (QED) is 0.747. The first-order chi connectivity index (χ1) is 8.24. The molecule has 1 atom stereocenters. The van der Waals surface area contributed by atoms with Gasteiger partial charge < -0.3 is 15.5 Å². The minimum absolute atomic E-state index is 0.697. The van der Waals surface area contributed by atoms with E-state index in [1.165, 1.54) is 50.1 Å². The van der Waals surface area contributed by atoms with Crippen LogP contribution >= 0.6 is 0 Å². The molecule has 0 aromatic heterocycles. The number of likely N-dealkylation sites (tertiary alicyclic amines) is 1. The molecule has 0 aliphatic carbocycles. The summed E-state index contributed by atoms with van der Waals surface area (Å²) in [6.45, 7) is 3.63. The van der Waals surface area contributed by atoms with Gasteiger partial charge in [-0.05, 0) is 56.6 Å². The summed E-state index contributed by atoms with van der Waals surface area (Å²) in [5.41, 5.74) is 9.63. The topological polar surface area (TPSA) is 32.5 Å². The van der Waals surface area contributed by atoms with Crippen LogP contribution in [0.2, 0.25) is 0 Å². The molecule has 2 heterocycles. The Kier molecular flexibility index (Phi) is 2.71. The third kappa shape index (κ3) is 2.00. The third-order valence-electron chi connectivity index (χ3n) is 4.07. The maximum absolute atomic E-state index is 5.88. The molecular weight excluding hydrogens is 210 g/mol. The van der Waals surface area contributed by atoms with E-state index in [0.29, 0.717) is 6.04 Å². The average molecular weight is 231 g/mol.